The zero-order valence-electron chi connectivity index (χ0n) is 11.3. The molecule has 1 aromatic carbocycles. The minimum Gasteiger partial charge on any atom is -0.398 e. The third kappa shape index (κ3) is 4.56. The number of thioether (sulfide) groups is 1. The number of aryl methyl sites for hydroxylation is 1. The van der Waals surface area contributed by atoms with Crippen LogP contribution in [0.4, 0.5) is 5.69 Å². The van der Waals surface area contributed by atoms with Crippen LogP contribution in [-0.2, 0) is 10.0 Å². The van der Waals surface area contributed by atoms with Gasteiger partial charge in [0.15, 0.2) is 0 Å². The van der Waals surface area contributed by atoms with E-state index in [4.69, 9.17) is 5.73 Å². The van der Waals surface area contributed by atoms with E-state index in [1.54, 1.807) is 23.9 Å². The molecule has 0 aliphatic heterocycles. The van der Waals surface area contributed by atoms with E-state index in [9.17, 15) is 8.42 Å². The molecule has 6 heteroatoms. The van der Waals surface area contributed by atoms with Crippen LogP contribution in [0.15, 0.2) is 29.7 Å². The number of hydrogen-bond donors (Lipinski definition) is 2. The van der Waals surface area contributed by atoms with Crippen LogP contribution in [0.2, 0.25) is 0 Å². The molecule has 0 saturated carbocycles. The molecule has 3 N–H and O–H groups in total. The Hall–Kier alpha value is -0.980. The van der Waals surface area contributed by atoms with Gasteiger partial charge in [-0.1, -0.05) is 6.08 Å². The second-order valence-corrected chi connectivity index (χ2v) is 7.13. The van der Waals surface area contributed by atoms with Crippen LogP contribution in [0, 0.1) is 13.8 Å². The van der Waals surface area contributed by atoms with Gasteiger partial charge in [0.2, 0.25) is 10.0 Å². The van der Waals surface area contributed by atoms with Gasteiger partial charge < -0.3 is 5.73 Å². The lowest BCUT2D eigenvalue weighted by Gasteiger charge is -2.10. The third-order valence-corrected chi connectivity index (χ3v) is 5.17. The highest BCUT2D eigenvalue weighted by Crippen LogP contribution is 2.21. The Kier molecular flexibility index (Phi) is 5.90. The van der Waals surface area contributed by atoms with E-state index in [-0.39, 0.29) is 4.90 Å². The molecule has 1 aromatic rings. The molecule has 1 rings (SSSR count). The van der Waals surface area contributed by atoms with Crippen LogP contribution in [-0.4, -0.2) is 26.5 Å². The van der Waals surface area contributed by atoms with Crippen LogP contribution in [0.5, 0.6) is 0 Å². The first-order valence-corrected chi connectivity index (χ1v) is 8.57. The van der Waals surface area contributed by atoms with Crippen LogP contribution < -0.4 is 10.5 Å². The Morgan fingerprint density at radius 2 is 2.11 bits per heavy atom. The standard InChI is InChI=1S/C13H20N2O2S2/c1-4-6-18-7-5-15-19(16,17)12-8-10(2)11(3)13(14)9-12/h4,8-9,15H,1,5-7,14H2,2-3H3. The summed E-state index contributed by atoms with van der Waals surface area (Å²) in [7, 11) is -3.48. The number of anilines is 1. The number of rotatable bonds is 7. The normalized spacial score (nSPS) is 11.5. The molecule has 4 nitrogen and oxygen atoms in total. The largest absolute Gasteiger partial charge is 0.398 e. The van der Waals surface area contributed by atoms with Crippen molar-refractivity contribution in [3.05, 3.63) is 35.9 Å². The van der Waals surface area contributed by atoms with E-state index < -0.39 is 10.0 Å². The Morgan fingerprint density at radius 3 is 2.68 bits per heavy atom. The SMILES string of the molecule is C=CCSCCNS(=O)(=O)c1cc(C)c(C)c(N)c1. The highest BCUT2D eigenvalue weighted by atomic mass is 32.2. The summed E-state index contributed by atoms with van der Waals surface area (Å²) in [6.07, 6.45) is 1.79. The van der Waals surface area contributed by atoms with Gasteiger partial charge in [-0.2, -0.15) is 11.8 Å². The zero-order valence-corrected chi connectivity index (χ0v) is 12.9. The van der Waals surface area contributed by atoms with Gasteiger partial charge in [-0.25, -0.2) is 13.1 Å². The van der Waals surface area contributed by atoms with Crippen molar-refractivity contribution in [2.75, 3.05) is 23.8 Å². The second-order valence-electron chi connectivity index (χ2n) is 4.22. The number of nitrogens with two attached hydrogens (primary N) is 1. The first-order chi connectivity index (χ1) is 8.88. The van der Waals surface area contributed by atoms with Crippen LogP contribution in [0.25, 0.3) is 0 Å². The van der Waals surface area contributed by atoms with Crippen molar-refractivity contribution in [1.29, 1.82) is 0 Å². The van der Waals surface area contributed by atoms with E-state index >= 15 is 0 Å². The fourth-order valence-corrected chi connectivity index (χ4v) is 3.37. The summed E-state index contributed by atoms with van der Waals surface area (Å²) in [5.74, 6) is 1.53. The minimum absolute atomic E-state index is 0.224. The molecule has 0 radical (unpaired) electrons. The molecule has 0 saturated heterocycles. The Morgan fingerprint density at radius 1 is 1.42 bits per heavy atom. The number of nitrogens with one attached hydrogen (secondary N) is 1. The quantitative estimate of drug-likeness (QED) is 0.459. The van der Waals surface area contributed by atoms with E-state index in [2.05, 4.69) is 11.3 Å². The van der Waals surface area contributed by atoms with Crippen LogP contribution in [0.1, 0.15) is 11.1 Å². The van der Waals surface area contributed by atoms with Crippen molar-refractivity contribution < 1.29 is 8.42 Å². The van der Waals surface area contributed by atoms with Crippen molar-refractivity contribution in [1.82, 2.24) is 4.72 Å². The number of nitrogen functional groups attached to an aromatic ring is 1. The maximum absolute atomic E-state index is 12.1. The first-order valence-electron chi connectivity index (χ1n) is 5.93. The lowest BCUT2D eigenvalue weighted by molar-refractivity contribution is 0.584. The van der Waals surface area contributed by atoms with Crippen molar-refractivity contribution in [3.8, 4) is 0 Å². The Balaban J connectivity index is 2.75. The van der Waals surface area contributed by atoms with Gasteiger partial charge in [0.1, 0.15) is 0 Å². The lowest BCUT2D eigenvalue weighted by Crippen LogP contribution is -2.26. The molecule has 0 bridgehead atoms. The summed E-state index contributed by atoms with van der Waals surface area (Å²) in [6.45, 7) is 7.73. The monoisotopic (exact) mass is 300 g/mol. The summed E-state index contributed by atoms with van der Waals surface area (Å²) in [5.41, 5.74) is 8.10. The number of hydrogen-bond acceptors (Lipinski definition) is 4. The highest BCUT2D eigenvalue weighted by Gasteiger charge is 2.15. The predicted octanol–water partition coefficient (Wildman–Crippen LogP) is 2.08. The summed E-state index contributed by atoms with van der Waals surface area (Å²) in [4.78, 5) is 0.224. The second kappa shape index (κ2) is 6.98. The van der Waals surface area contributed by atoms with Gasteiger partial charge >= 0.3 is 0 Å². The topological polar surface area (TPSA) is 72.2 Å². The zero-order chi connectivity index (χ0) is 14.5. The van der Waals surface area contributed by atoms with Crippen LogP contribution in [0.3, 0.4) is 0 Å². The first kappa shape index (κ1) is 16.1. The molecule has 0 atom stereocenters. The smallest absolute Gasteiger partial charge is 0.240 e. The fourth-order valence-electron chi connectivity index (χ4n) is 1.51. The molecule has 0 spiro atoms. The van der Waals surface area contributed by atoms with Gasteiger partial charge in [0.05, 0.1) is 4.90 Å². The fraction of sp³-hybridized carbons (Fsp3) is 0.385. The van der Waals surface area contributed by atoms with Gasteiger partial charge in [-0.3, -0.25) is 0 Å². The van der Waals surface area contributed by atoms with Crippen LogP contribution >= 0.6 is 11.8 Å². The molecular formula is C13H20N2O2S2. The maximum Gasteiger partial charge on any atom is 0.240 e. The summed E-state index contributed by atoms with van der Waals surface area (Å²) in [6, 6.07) is 3.15. The Labute approximate surface area is 119 Å². The van der Waals surface area contributed by atoms with Gasteiger partial charge in [0.25, 0.3) is 0 Å². The maximum atomic E-state index is 12.1. The molecule has 0 amide bonds. The van der Waals surface area contributed by atoms with E-state index in [0.717, 1.165) is 16.9 Å². The summed E-state index contributed by atoms with van der Waals surface area (Å²) >= 11 is 1.63. The highest BCUT2D eigenvalue weighted by molar-refractivity contribution is 7.99. The number of sulfonamides is 1. The van der Waals surface area contributed by atoms with Gasteiger partial charge in [-0.15, -0.1) is 6.58 Å². The molecule has 0 aliphatic rings. The molecule has 19 heavy (non-hydrogen) atoms. The average Bonchev–Trinajstić information content (AvgIpc) is 2.35. The average molecular weight is 300 g/mol. The molecule has 0 fully saturated rings. The molecule has 106 valence electrons. The van der Waals surface area contributed by atoms with Crippen molar-refractivity contribution >= 4 is 27.5 Å². The van der Waals surface area contributed by atoms with E-state index in [1.165, 1.54) is 6.07 Å². The van der Waals surface area contributed by atoms with Gasteiger partial charge in [-0.05, 0) is 37.1 Å². The molecular weight excluding hydrogens is 280 g/mol. The third-order valence-electron chi connectivity index (χ3n) is 2.77. The van der Waals surface area contributed by atoms with E-state index in [0.29, 0.717) is 18.0 Å². The molecule has 0 unspecified atom stereocenters. The van der Waals surface area contributed by atoms with Crippen molar-refractivity contribution in [2.24, 2.45) is 0 Å². The van der Waals surface area contributed by atoms with Gasteiger partial charge in [0, 0.05) is 23.7 Å². The van der Waals surface area contributed by atoms with Crippen molar-refractivity contribution in [3.63, 3.8) is 0 Å². The Bertz CT molecular complexity index is 531. The minimum atomic E-state index is -3.48. The van der Waals surface area contributed by atoms with Crippen molar-refractivity contribution in [2.45, 2.75) is 18.7 Å². The molecule has 0 aliphatic carbocycles. The number of benzene rings is 1. The summed E-state index contributed by atoms with van der Waals surface area (Å²) < 4.78 is 26.7. The summed E-state index contributed by atoms with van der Waals surface area (Å²) in [5, 5.41) is 0. The van der Waals surface area contributed by atoms with E-state index in [1.807, 2.05) is 13.8 Å². The predicted molar refractivity (Wildman–Crippen MR) is 83.0 cm³/mol. The molecule has 0 heterocycles. The molecule has 0 aromatic heterocycles. The lowest BCUT2D eigenvalue weighted by atomic mass is 10.1.